The van der Waals surface area contributed by atoms with Gasteiger partial charge in [-0.3, -0.25) is 14.3 Å². The lowest BCUT2D eigenvalue weighted by molar-refractivity contribution is -0.131. The Morgan fingerprint density at radius 2 is 1.86 bits per heavy atom. The van der Waals surface area contributed by atoms with Crippen LogP contribution in [0.25, 0.3) is 0 Å². The predicted molar refractivity (Wildman–Crippen MR) is 136 cm³/mol. The van der Waals surface area contributed by atoms with E-state index in [4.69, 9.17) is 4.74 Å². The van der Waals surface area contributed by atoms with Crippen molar-refractivity contribution >= 4 is 23.2 Å². The number of rotatable bonds is 11. The minimum atomic E-state index is -0.781. The van der Waals surface area contributed by atoms with Gasteiger partial charge >= 0.3 is 0 Å². The third-order valence-electron chi connectivity index (χ3n) is 5.72. The molecule has 2 heterocycles. The zero-order chi connectivity index (χ0) is 26.3. The van der Waals surface area contributed by atoms with Crippen LogP contribution in [-0.2, 0) is 16.1 Å². The number of amides is 2. The Morgan fingerprint density at radius 1 is 1.14 bits per heavy atom. The molecule has 0 aliphatic heterocycles. The molecule has 0 radical (unpaired) electrons. The van der Waals surface area contributed by atoms with Gasteiger partial charge < -0.3 is 20.3 Å². The summed E-state index contributed by atoms with van der Waals surface area (Å²) < 4.78 is 20.4. The van der Waals surface area contributed by atoms with Gasteiger partial charge in [0, 0.05) is 19.8 Å². The van der Waals surface area contributed by atoms with Gasteiger partial charge in [0.25, 0.3) is 0 Å². The van der Waals surface area contributed by atoms with Crippen LogP contribution < -0.4 is 15.4 Å². The van der Waals surface area contributed by atoms with Crippen molar-refractivity contribution in [2.24, 2.45) is 5.41 Å². The van der Waals surface area contributed by atoms with Gasteiger partial charge in [-0.25, -0.2) is 4.98 Å². The van der Waals surface area contributed by atoms with Gasteiger partial charge in [-0.2, -0.15) is 9.49 Å². The van der Waals surface area contributed by atoms with E-state index in [0.717, 1.165) is 11.3 Å². The molecule has 0 aliphatic carbocycles. The molecular weight excluding hydrogens is 463 g/mol. The first-order valence-corrected chi connectivity index (χ1v) is 11.7. The fourth-order valence-electron chi connectivity index (χ4n) is 3.25. The number of ether oxygens (including phenoxy) is 1. The van der Waals surface area contributed by atoms with Gasteiger partial charge in [0.1, 0.15) is 18.9 Å². The van der Waals surface area contributed by atoms with Crippen LogP contribution in [0.2, 0.25) is 0 Å². The molecule has 0 spiro atoms. The van der Waals surface area contributed by atoms with E-state index in [1.54, 1.807) is 45.0 Å². The Kier molecular flexibility index (Phi) is 8.63. The number of aromatic nitrogens is 3. The van der Waals surface area contributed by atoms with Crippen molar-refractivity contribution in [2.45, 2.75) is 34.2 Å². The number of benzene rings is 1. The Labute approximate surface area is 210 Å². The highest BCUT2D eigenvalue weighted by Crippen LogP contribution is 2.21. The Hall–Kier alpha value is -3.95. The van der Waals surface area contributed by atoms with E-state index in [1.165, 1.54) is 16.9 Å². The maximum Gasteiger partial charge on any atom is 0.244 e. The minimum Gasteiger partial charge on any atom is -0.492 e. The molecule has 36 heavy (non-hydrogen) atoms. The molecule has 2 amide bonds. The average molecular weight is 497 g/mol. The zero-order valence-corrected chi connectivity index (χ0v) is 21.3. The predicted octanol–water partition coefficient (Wildman–Crippen LogP) is 3.65. The fourth-order valence-corrected chi connectivity index (χ4v) is 3.25. The van der Waals surface area contributed by atoms with Crippen LogP contribution in [0.1, 0.15) is 25.1 Å². The Bertz CT molecular complexity index is 1190. The third-order valence-corrected chi connectivity index (χ3v) is 5.72. The maximum atomic E-state index is 13.2. The van der Waals surface area contributed by atoms with Crippen molar-refractivity contribution in [3.05, 3.63) is 66.0 Å². The number of pyridine rings is 1. The zero-order valence-electron chi connectivity index (χ0n) is 21.3. The number of carbonyl (C=O) groups excluding carboxylic acids is 2. The van der Waals surface area contributed by atoms with E-state index < -0.39 is 11.4 Å². The summed E-state index contributed by atoms with van der Waals surface area (Å²) in [5.74, 6) is -0.140. The van der Waals surface area contributed by atoms with E-state index in [-0.39, 0.29) is 18.4 Å². The number of nitrogens with zero attached hydrogens (tertiary/aromatic N) is 4. The van der Waals surface area contributed by atoms with Crippen molar-refractivity contribution in [3.8, 4) is 5.75 Å². The number of aryl methyl sites for hydroxylation is 2. The molecule has 3 aromatic rings. The first-order valence-electron chi connectivity index (χ1n) is 11.7. The molecule has 0 saturated carbocycles. The summed E-state index contributed by atoms with van der Waals surface area (Å²) >= 11 is 0. The number of likely N-dealkylation sites (N-methyl/N-ethyl adjacent to an activating group) is 1. The fraction of sp³-hybridized carbons (Fsp3) is 0.385. The third kappa shape index (κ3) is 7.53. The largest absolute Gasteiger partial charge is 0.492 e. The number of nitrogens with one attached hydrogen (secondary N) is 2. The summed E-state index contributed by atoms with van der Waals surface area (Å²) in [5.41, 5.74) is 2.05. The smallest absolute Gasteiger partial charge is 0.244 e. The summed E-state index contributed by atoms with van der Waals surface area (Å²) in [6, 6.07) is 10.6. The van der Waals surface area contributed by atoms with E-state index >= 15 is 0 Å². The molecule has 0 aliphatic rings. The molecule has 9 nitrogen and oxygen atoms in total. The molecule has 1 aromatic carbocycles. The van der Waals surface area contributed by atoms with Crippen LogP contribution in [0.4, 0.5) is 15.8 Å². The van der Waals surface area contributed by atoms with Crippen LogP contribution >= 0.6 is 0 Å². The van der Waals surface area contributed by atoms with Crippen LogP contribution in [0.5, 0.6) is 5.75 Å². The molecule has 3 rings (SSSR count). The van der Waals surface area contributed by atoms with Crippen LogP contribution in [0.3, 0.4) is 0 Å². The van der Waals surface area contributed by atoms with Crippen LogP contribution in [0.15, 0.2) is 48.8 Å². The van der Waals surface area contributed by atoms with Gasteiger partial charge in [-0.05, 0) is 52.0 Å². The maximum absolute atomic E-state index is 13.2. The molecule has 0 bridgehead atoms. The Morgan fingerprint density at radius 3 is 2.56 bits per heavy atom. The molecule has 0 saturated heterocycles. The summed E-state index contributed by atoms with van der Waals surface area (Å²) in [6.45, 7) is 8.46. The monoisotopic (exact) mass is 496 g/mol. The van der Waals surface area contributed by atoms with Gasteiger partial charge in [-0.15, -0.1) is 0 Å². The second kappa shape index (κ2) is 11.7. The summed E-state index contributed by atoms with van der Waals surface area (Å²) in [4.78, 5) is 30.7. The van der Waals surface area contributed by atoms with Gasteiger partial charge in [0.2, 0.25) is 17.8 Å². The lowest BCUT2D eigenvalue weighted by Gasteiger charge is -2.24. The number of halogens is 1. The van der Waals surface area contributed by atoms with Crippen molar-refractivity contribution in [1.82, 2.24) is 19.7 Å². The van der Waals surface area contributed by atoms with E-state index in [2.05, 4.69) is 20.7 Å². The highest BCUT2D eigenvalue weighted by atomic mass is 19.1. The van der Waals surface area contributed by atoms with E-state index in [1.807, 2.05) is 31.2 Å². The van der Waals surface area contributed by atoms with Crippen LogP contribution in [-0.4, -0.2) is 58.2 Å². The molecule has 2 N–H and O–H groups in total. The van der Waals surface area contributed by atoms with Gasteiger partial charge in [0.05, 0.1) is 35.2 Å². The number of anilines is 2. The summed E-state index contributed by atoms with van der Waals surface area (Å²) in [5, 5.41) is 10.2. The lowest BCUT2D eigenvalue weighted by atomic mass is 9.92. The highest BCUT2D eigenvalue weighted by Gasteiger charge is 2.28. The quantitative estimate of drug-likeness (QED) is 0.393. The topological polar surface area (TPSA) is 101 Å². The molecule has 0 atom stereocenters. The summed E-state index contributed by atoms with van der Waals surface area (Å²) in [6.07, 6.45) is 3.12. The first kappa shape index (κ1) is 26.7. The molecule has 2 aromatic heterocycles. The van der Waals surface area contributed by atoms with Crippen molar-refractivity contribution < 1.29 is 18.7 Å². The van der Waals surface area contributed by atoms with Crippen molar-refractivity contribution in [2.75, 3.05) is 37.4 Å². The minimum absolute atomic E-state index is 0.0404. The molecule has 192 valence electrons. The summed E-state index contributed by atoms with van der Waals surface area (Å²) in [7, 11) is 1.71. The standard InChI is InChI=1S/C26H33FN6O3/c1-18-6-8-21(9-7-18)36-13-12-32(5)24(34)16-33-15-20(14-29-33)31-25(35)26(3,4)17-28-22-10-11-23(27)30-19(22)2/h6-11,14-15,28H,12-13,16-17H2,1-5H3,(H,31,35). The van der Waals surface area contributed by atoms with Gasteiger partial charge in [0.15, 0.2) is 0 Å². The molecule has 0 fully saturated rings. The van der Waals surface area contributed by atoms with E-state index in [0.29, 0.717) is 36.8 Å². The molecule has 0 unspecified atom stereocenters. The normalized spacial score (nSPS) is 11.2. The second-order valence-corrected chi connectivity index (χ2v) is 9.36. The lowest BCUT2D eigenvalue weighted by Crippen LogP contribution is -2.37. The molecule has 10 heteroatoms. The Balaban J connectivity index is 1.45. The van der Waals surface area contributed by atoms with Crippen LogP contribution in [0, 0.1) is 25.2 Å². The van der Waals surface area contributed by atoms with E-state index in [9.17, 15) is 14.0 Å². The number of carbonyl (C=O) groups is 2. The van der Waals surface area contributed by atoms with Gasteiger partial charge in [-0.1, -0.05) is 17.7 Å². The molecular formula is C26H33FN6O3. The number of hydrogen-bond donors (Lipinski definition) is 2. The SMILES string of the molecule is Cc1ccc(OCCN(C)C(=O)Cn2cc(NC(=O)C(C)(C)CNc3ccc(F)nc3C)cn2)cc1. The number of hydrogen-bond acceptors (Lipinski definition) is 6. The average Bonchev–Trinajstić information content (AvgIpc) is 3.26. The first-order chi connectivity index (χ1) is 17.0. The van der Waals surface area contributed by atoms with Crippen molar-refractivity contribution in [1.29, 1.82) is 0 Å². The highest BCUT2D eigenvalue weighted by molar-refractivity contribution is 5.95. The van der Waals surface area contributed by atoms with Crippen molar-refractivity contribution in [3.63, 3.8) is 0 Å². The second-order valence-electron chi connectivity index (χ2n) is 9.36.